The van der Waals surface area contributed by atoms with Crippen molar-refractivity contribution in [3.05, 3.63) is 60.2 Å². The maximum absolute atomic E-state index is 12.5. The summed E-state index contributed by atoms with van der Waals surface area (Å²) in [6.07, 6.45) is 0. The molecule has 0 saturated heterocycles. The molecule has 4 heteroatoms. The summed E-state index contributed by atoms with van der Waals surface area (Å²) in [5.41, 5.74) is 1.14. The molecule has 1 amide bonds. The van der Waals surface area contributed by atoms with E-state index in [0.717, 1.165) is 16.2 Å². The van der Waals surface area contributed by atoms with E-state index in [1.165, 1.54) is 0 Å². The number of hydrogen-bond acceptors (Lipinski definition) is 3. The largest absolute Gasteiger partial charge is 0.497 e. The number of amides is 1. The quantitative estimate of drug-likeness (QED) is 0.759. The van der Waals surface area contributed by atoms with Crippen LogP contribution in [0, 0.1) is 0 Å². The molecule has 0 radical (unpaired) electrons. The van der Waals surface area contributed by atoms with E-state index in [2.05, 4.69) is 0 Å². The van der Waals surface area contributed by atoms with E-state index in [-0.39, 0.29) is 11.2 Å². The summed E-state index contributed by atoms with van der Waals surface area (Å²) < 4.78 is 5.21. The van der Waals surface area contributed by atoms with Crippen LogP contribution in [0.3, 0.4) is 0 Å². The van der Waals surface area contributed by atoms with Gasteiger partial charge in [-0.2, -0.15) is 0 Å². The summed E-state index contributed by atoms with van der Waals surface area (Å²) in [6.45, 7) is 2.57. The Morgan fingerprint density at radius 3 is 2.59 bits per heavy atom. The van der Waals surface area contributed by atoms with Crippen molar-refractivity contribution in [2.45, 2.75) is 23.6 Å². The Labute approximate surface area is 136 Å². The first-order chi connectivity index (χ1) is 10.6. The van der Waals surface area contributed by atoms with Crippen molar-refractivity contribution < 1.29 is 9.53 Å². The van der Waals surface area contributed by atoms with Gasteiger partial charge in [0.15, 0.2) is 0 Å². The smallest absolute Gasteiger partial charge is 0.235 e. The zero-order valence-electron chi connectivity index (χ0n) is 13.2. The first-order valence-electron chi connectivity index (χ1n) is 7.20. The van der Waals surface area contributed by atoms with Gasteiger partial charge in [0.25, 0.3) is 0 Å². The number of methoxy groups -OCH3 is 1. The van der Waals surface area contributed by atoms with Gasteiger partial charge < -0.3 is 9.64 Å². The van der Waals surface area contributed by atoms with Crippen molar-refractivity contribution in [1.29, 1.82) is 0 Å². The van der Waals surface area contributed by atoms with Gasteiger partial charge in [0, 0.05) is 18.5 Å². The molecule has 2 aromatic carbocycles. The number of benzene rings is 2. The molecule has 3 nitrogen and oxygen atoms in total. The number of ether oxygens (including phenoxy) is 1. The number of hydrogen-bond donors (Lipinski definition) is 0. The predicted octanol–water partition coefficient (Wildman–Crippen LogP) is 3.83. The van der Waals surface area contributed by atoms with E-state index in [1.54, 1.807) is 23.8 Å². The van der Waals surface area contributed by atoms with Gasteiger partial charge in [0.2, 0.25) is 5.91 Å². The second-order valence-corrected chi connectivity index (χ2v) is 6.53. The fraction of sp³-hybridized carbons (Fsp3) is 0.278. The van der Waals surface area contributed by atoms with Crippen molar-refractivity contribution in [3.8, 4) is 5.75 Å². The molecule has 0 heterocycles. The van der Waals surface area contributed by atoms with Gasteiger partial charge in [0.1, 0.15) is 5.75 Å². The summed E-state index contributed by atoms with van der Waals surface area (Å²) in [6, 6.07) is 17.8. The summed E-state index contributed by atoms with van der Waals surface area (Å²) in [5.74, 6) is 0.930. The van der Waals surface area contributed by atoms with Crippen LogP contribution in [0.25, 0.3) is 0 Å². The monoisotopic (exact) mass is 315 g/mol. The van der Waals surface area contributed by atoms with E-state index in [0.29, 0.717) is 6.54 Å². The third-order valence-electron chi connectivity index (χ3n) is 3.34. The maximum Gasteiger partial charge on any atom is 0.235 e. The Morgan fingerprint density at radius 1 is 1.18 bits per heavy atom. The van der Waals surface area contributed by atoms with Gasteiger partial charge in [0.05, 0.1) is 12.4 Å². The zero-order valence-corrected chi connectivity index (χ0v) is 14.0. The molecule has 0 aliphatic rings. The summed E-state index contributed by atoms with van der Waals surface area (Å²) in [4.78, 5) is 15.3. The third-order valence-corrected chi connectivity index (χ3v) is 4.42. The van der Waals surface area contributed by atoms with Crippen LogP contribution in [0.2, 0.25) is 0 Å². The van der Waals surface area contributed by atoms with E-state index >= 15 is 0 Å². The van der Waals surface area contributed by atoms with Gasteiger partial charge in [-0.3, -0.25) is 4.79 Å². The number of thioether (sulfide) groups is 1. The van der Waals surface area contributed by atoms with Gasteiger partial charge >= 0.3 is 0 Å². The average molecular weight is 315 g/mol. The molecule has 2 rings (SSSR count). The third kappa shape index (κ3) is 4.53. The highest BCUT2D eigenvalue weighted by Gasteiger charge is 2.19. The van der Waals surface area contributed by atoms with Crippen LogP contribution in [0.15, 0.2) is 59.5 Å². The predicted molar refractivity (Wildman–Crippen MR) is 91.2 cm³/mol. The molecule has 0 fully saturated rings. The molecule has 22 heavy (non-hydrogen) atoms. The Kier molecular flexibility index (Phi) is 5.90. The van der Waals surface area contributed by atoms with Crippen LogP contribution < -0.4 is 4.74 Å². The molecular weight excluding hydrogens is 294 g/mol. The van der Waals surface area contributed by atoms with Crippen molar-refractivity contribution in [3.63, 3.8) is 0 Å². The number of nitrogens with zero attached hydrogens (tertiary/aromatic N) is 1. The zero-order chi connectivity index (χ0) is 15.9. The highest BCUT2D eigenvalue weighted by atomic mass is 32.2. The first kappa shape index (κ1) is 16.4. The Balaban J connectivity index is 1.96. The molecule has 0 aliphatic carbocycles. The van der Waals surface area contributed by atoms with Crippen molar-refractivity contribution in [2.24, 2.45) is 0 Å². The van der Waals surface area contributed by atoms with Crippen molar-refractivity contribution >= 4 is 17.7 Å². The fourth-order valence-corrected chi connectivity index (χ4v) is 3.20. The highest BCUT2D eigenvalue weighted by Crippen LogP contribution is 2.27. The molecule has 0 N–H and O–H groups in total. The number of carbonyl (C=O) groups is 1. The molecule has 116 valence electrons. The Hall–Kier alpha value is -1.94. The van der Waals surface area contributed by atoms with Crippen LogP contribution >= 0.6 is 11.8 Å². The minimum atomic E-state index is -0.138. The minimum absolute atomic E-state index is 0.122. The van der Waals surface area contributed by atoms with Crippen molar-refractivity contribution in [1.82, 2.24) is 4.90 Å². The second kappa shape index (κ2) is 7.90. The topological polar surface area (TPSA) is 29.5 Å². The van der Waals surface area contributed by atoms with Crippen molar-refractivity contribution in [2.75, 3.05) is 14.2 Å². The molecule has 0 spiro atoms. The van der Waals surface area contributed by atoms with Crippen LogP contribution in [-0.2, 0) is 11.3 Å². The lowest BCUT2D eigenvalue weighted by molar-refractivity contribution is -0.129. The first-order valence-corrected chi connectivity index (χ1v) is 8.07. The van der Waals surface area contributed by atoms with E-state index in [4.69, 9.17) is 4.74 Å². The van der Waals surface area contributed by atoms with Gasteiger partial charge in [-0.1, -0.05) is 36.4 Å². The standard InChI is InChI=1S/C18H21NO2S/c1-14(22-17-11-7-10-16(12-17)21-3)18(20)19(2)13-15-8-5-4-6-9-15/h4-12,14H,13H2,1-3H3. The molecule has 0 bridgehead atoms. The molecular formula is C18H21NO2S. The van der Waals surface area contributed by atoms with E-state index < -0.39 is 0 Å². The average Bonchev–Trinajstić information content (AvgIpc) is 2.55. The Bertz CT molecular complexity index is 615. The van der Waals surface area contributed by atoms with E-state index in [9.17, 15) is 4.79 Å². The lowest BCUT2D eigenvalue weighted by atomic mass is 10.2. The maximum atomic E-state index is 12.5. The molecule has 0 aromatic heterocycles. The molecule has 2 aromatic rings. The van der Waals surface area contributed by atoms with Crippen LogP contribution in [0.5, 0.6) is 5.75 Å². The van der Waals surface area contributed by atoms with Gasteiger partial charge in [-0.05, 0) is 30.7 Å². The molecule has 1 atom stereocenters. The summed E-state index contributed by atoms with van der Waals surface area (Å²) >= 11 is 1.55. The lowest BCUT2D eigenvalue weighted by Gasteiger charge is -2.21. The SMILES string of the molecule is COc1cccc(SC(C)C(=O)N(C)Cc2ccccc2)c1. The minimum Gasteiger partial charge on any atom is -0.497 e. The fourth-order valence-electron chi connectivity index (χ4n) is 2.17. The van der Waals surface area contributed by atoms with Crippen LogP contribution in [-0.4, -0.2) is 30.2 Å². The Morgan fingerprint density at radius 2 is 1.91 bits per heavy atom. The lowest BCUT2D eigenvalue weighted by Crippen LogP contribution is -2.32. The normalized spacial score (nSPS) is 11.8. The molecule has 1 unspecified atom stereocenters. The second-order valence-electron chi connectivity index (χ2n) is 5.12. The van der Waals surface area contributed by atoms with Crippen LogP contribution in [0.4, 0.5) is 0 Å². The number of carbonyl (C=O) groups excluding carboxylic acids is 1. The molecule has 0 aliphatic heterocycles. The van der Waals surface area contributed by atoms with E-state index in [1.807, 2.05) is 68.6 Å². The number of rotatable bonds is 6. The summed E-state index contributed by atoms with van der Waals surface area (Å²) in [7, 11) is 3.49. The summed E-state index contributed by atoms with van der Waals surface area (Å²) in [5, 5.41) is -0.138. The highest BCUT2D eigenvalue weighted by molar-refractivity contribution is 8.00. The van der Waals surface area contributed by atoms with Crippen LogP contribution in [0.1, 0.15) is 12.5 Å². The van der Waals surface area contributed by atoms with Gasteiger partial charge in [-0.25, -0.2) is 0 Å². The molecule has 0 saturated carbocycles. The van der Waals surface area contributed by atoms with Gasteiger partial charge in [-0.15, -0.1) is 11.8 Å².